The fraction of sp³-hybridized carbons (Fsp3) is 0.765. The van der Waals surface area contributed by atoms with E-state index in [-0.39, 0.29) is 29.6 Å². The van der Waals surface area contributed by atoms with Crippen molar-refractivity contribution in [1.82, 2.24) is 19.2 Å². The fourth-order valence-corrected chi connectivity index (χ4v) is 5.07. The molecule has 0 radical (unpaired) electrons. The van der Waals surface area contributed by atoms with Crippen molar-refractivity contribution in [3.8, 4) is 0 Å². The number of nitrogens with one attached hydrogen (secondary N) is 1. The zero-order chi connectivity index (χ0) is 19.7. The summed E-state index contributed by atoms with van der Waals surface area (Å²) in [5, 5.41) is 2.74. The summed E-state index contributed by atoms with van der Waals surface area (Å²) in [5.41, 5.74) is -0.599. The average Bonchev–Trinajstić information content (AvgIpc) is 2.94. The maximum atomic E-state index is 13.1. The summed E-state index contributed by atoms with van der Waals surface area (Å²) >= 11 is 0. The van der Waals surface area contributed by atoms with E-state index in [9.17, 15) is 13.2 Å². The lowest BCUT2D eigenvalue weighted by Gasteiger charge is -2.42. The van der Waals surface area contributed by atoms with Crippen molar-refractivity contribution in [2.24, 2.45) is 13.0 Å². The molecule has 0 aliphatic carbocycles. The van der Waals surface area contributed by atoms with Crippen LogP contribution in [0.5, 0.6) is 0 Å². The van der Waals surface area contributed by atoms with Crippen LogP contribution in [0, 0.1) is 5.92 Å². The number of imidazole rings is 1. The fourth-order valence-electron chi connectivity index (χ4n) is 3.16. The summed E-state index contributed by atoms with van der Waals surface area (Å²) < 4.78 is 34.7. The smallest absolute Gasteiger partial charge is 0.407 e. The monoisotopic (exact) mass is 386 g/mol. The maximum Gasteiger partial charge on any atom is 0.407 e. The number of carbonyl (C=O) groups excluding carboxylic acids is 1. The van der Waals surface area contributed by atoms with Crippen LogP contribution in [-0.4, -0.2) is 52.6 Å². The molecule has 2 rings (SSSR count). The molecule has 9 heteroatoms. The number of hydrogen-bond acceptors (Lipinski definition) is 5. The lowest BCUT2D eigenvalue weighted by atomic mass is 9.90. The van der Waals surface area contributed by atoms with E-state index >= 15 is 0 Å². The minimum atomic E-state index is -3.75. The van der Waals surface area contributed by atoms with E-state index in [2.05, 4.69) is 10.3 Å². The molecule has 0 aromatic carbocycles. The van der Waals surface area contributed by atoms with Crippen LogP contribution in [-0.2, 0) is 21.8 Å². The van der Waals surface area contributed by atoms with Crippen LogP contribution in [0.1, 0.15) is 47.5 Å². The Morgan fingerprint density at radius 2 is 2.00 bits per heavy atom. The summed E-state index contributed by atoms with van der Waals surface area (Å²) in [6.45, 7) is 9.52. The van der Waals surface area contributed by atoms with Gasteiger partial charge in [0, 0.05) is 31.9 Å². The Hall–Kier alpha value is -1.61. The minimum absolute atomic E-state index is 0.0308. The van der Waals surface area contributed by atoms with E-state index in [1.54, 1.807) is 32.4 Å². The van der Waals surface area contributed by atoms with E-state index in [1.165, 1.54) is 16.8 Å². The van der Waals surface area contributed by atoms with Crippen molar-refractivity contribution in [2.45, 2.75) is 70.2 Å². The Balaban J connectivity index is 2.20. The van der Waals surface area contributed by atoms with Crippen LogP contribution in [0.2, 0.25) is 0 Å². The topological polar surface area (TPSA) is 93.5 Å². The van der Waals surface area contributed by atoms with Crippen molar-refractivity contribution >= 4 is 16.1 Å². The summed E-state index contributed by atoms with van der Waals surface area (Å²) in [5.74, 6) is 0.228. The largest absolute Gasteiger partial charge is 0.444 e. The summed E-state index contributed by atoms with van der Waals surface area (Å²) in [7, 11) is -2.01. The van der Waals surface area contributed by atoms with E-state index in [1.807, 2.05) is 13.8 Å². The molecule has 8 nitrogen and oxygen atoms in total. The molecule has 1 fully saturated rings. The van der Waals surface area contributed by atoms with Gasteiger partial charge in [-0.25, -0.2) is 18.2 Å². The Bertz CT molecular complexity index is 738. The quantitative estimate of drug-likeness (QED) is 0.855. The van der Waals surface area contributed by atoms with Crippen LogP contribution in [0.3, 0.4) is 0 Å². The molecule has 3 atom stereocenters. The first kappa shape index (κ1) is 20.7. The van der Waals surface area contributed by atoms with Gasteiger partial charge in [0.05, 0.1) is 6.33 Å². The molecule has 3 unspecified atom stereocenters. The summed E-state index contributed by atoms with van der Waals surface area (Å²) in [6.07, 6.45) is 4.00. The number of alkyl carbamates (subject to hydrolysis) is 1. The molecule has 0 spiro atoms. The number of ether oxygens (including phenoxy) is 1. The standard InChI is InChI=1S/C17H30N4O4S/c1-12-7-8-14(9-18-16(22)25-17(3,4)5)21(13(12)2)26(23,24)15-10-20(6)11-19-15/h10-14H,7-9H2,1-6H3,(H,18,22). The molecule has 0 saturated carbocycles. The van der Waals surface area contributed by atoms with Gasteiger partial charge in [-0.05, 0) is 46.5 Å². The molecule has 1 aromatic heterocycles. The molecular weight excluding hydrogens is 356 g/mol. The number of carbonyl (C=O) groups is 1. The molecule has 1 aromatic rings. The van der Waals surface area contributed by atoms with Gasteiger partial charge in [-0.1, -0.05) is 6.92 Å². The Morgan fingerprint density at radius 1 is 1.35 bits per heavy atom. The minimum Gasteiger partial charge on any atom is -0.444 e. The number of aryl methyl sites for hydroxylation is 1. The SMILES string of the molecule is CC1CCC(CNC(=O)OC(C)(C)C)N(S(=O)(=O)c2cn(C)cn2)C1C. The second-order valence-electron chi connectivity index (χ2n) is 8.04. The van der Waals surface area contributed by atoms with E-state index in [0.29, 0.717) is 6.42 Å². The number of rotatable bonds is 4. The van der Waals surface area contributed by atoms with Gasteiger partial charge in [-0.15, -0.1) is 0 Å². The number of aromatic nitrogens is 2. The lowest BCUT2D eigenvalue weighted by molar-refractivity contribution is 0.0497. The predicted molar refractivity (Wildman–Crippen MR) is 98.1 cm³/mol. The molecule has 1 aliphatic heterocycles. The first-order chi connectivity index (χ1) is 11.9. The Morgan fingerprint density at radius 3 is 2.54 bits per heavy atom. The van der Waals surface area contributed by atoms with Crippen molar-refractivity contribution in [3.63, 3.8) is 0 Å². The molecule has 26 heavy (non-hydrogen) atoms. The van der Waals surface area contributed by atoms with Gasteiger partial charge in [0.1, 0.15) is 5.60 Å². The van der Waals surface area contributed by atoms with Crippen LogP contribution in [0.4, 0.5) is 4.79 Å². The first-order valence-electron chi connectivity index (χ1n) is 8.90. The number of hydrogen-bond donors (Lipinski definition) is 1. The Kier molecular flexibility index (Phi) is 6.02. The van der Waals surface area contributed by atoms with Gasteiger partial charge in [0.25, 0.3) is 10.0 Å². The molecule has 0 bridgehead atoms. The van der Waals surface area contributed by atoms with Crippen molar-refractivity contribution < 1.29 is 17.9 Å². The van der Waals surface area contributed by atoms with Gasteiger partial charge in [-0.2, -0.15) is 4.31 Å². The van der Waals surface area contributed by atoms with E-state index in [4.69, 9.17) is 4.74 Å². The highest BCUT2D eigenvalue weighted by Crippen LogP contribution is 2.32. The van der Waals surface area contributed by atoms with Crippen molar-refractivity contribution in [1.29, 1.82) is 0 Å². The zero-order valence-electron chi connectivity index (χ0n) is 16.4. The Labute approximate surface area is 156 Å². The van der Waals surface area contributed by atoms with E-state index in [0.717, 1.165) is 6.42 Å². The summed E-state index contributed by atoms with van der Waals surface area (Å²) in [4.78, 5) is 16.0. The molecule has 1 N–H and O–H groups in total. The van der Waals surface area contributed by atoms with Gasteiger partial charge in [0.15, 0.2) is 5.03 Å². The second-order valence-corrected chi connectivity index (χ2v) is 9.83. The van der Waals surface area contributed by atoms with Crippen LogP contribution in [0.25, 0.3) is 0 Å². The zero-order valence-corrected chi connectivity index (χ0v) is 17.2. The lowest BCUT2D eigenvalue weighted by Crippen LogP contribution is -2.55. The number of piperidine rings is 1. The van der Waals surface area contributed by atoms with Crippen molar-refractivity contribution in [3.05, 3.63) is 12.5 Å². The predicted octanol–water partition coefficient (Wildman–Crippen LogP) is 2.12. The normalized spacial score (nSPS) is 25.1. The number of sulfonamides is 1. The second kappa shape index (κ2) is 7.56. The number of amides is 1. The molecular formula is C17H30N4O4S. The highest BCUT2D eigenvalue weighted by atomic mass is 32.2. The average molecular weight is 387 g/mol. The molecule has 1 aliphatic rings. The highest BCUT2D eigenvalue weighted by Gasteiger charge is 2.42. The third-order valence-corrected chi connectivity index (χ3v) is 6.57. The molecule has 2 heterocycles. The molecule has 1 amide bonds. The third-order valence-electron chi connectivity index (χ3n) is 4.64. The van der Waals surface area contributed by atoms with Crippen LogP contribution in [0.15, 0.2) is 17.6 Å². The maximum absolute atomic E-state index is 13.1. The van der Waals surface area contributed by atoms with Gasteiger partial charge in [-0.3, -0.25) is 0 Å². The molecule has 1 saturated heterocycles. The molecule has 148 valence electrons. The summed E-state index contributed by atoms with van der Waals surface area (Å²) in [6, 6.07) is -0.512. The van der Waals surface area contributed by atoms with Gasteiger partial charge >= 0.3 is 6.09 Å². The van der Waals surface area contributed by atoms with Crippen LogP contribution >= 0.6 is 0 Å². The first-order valence-corrected chi connectivity index (χ1v) is 10.3. The highest BCUT2D eigenvalue weighted by molar-refractivity contribution is 7.89. The number of nitrogens with zero attached hydrogens (tertiary/aromatic N) is 3. The van der Waals surface area contributed by atoms with Gasteiger partial charge in [0.2, 0.25) is 0 Å². The van der Waals surface area contributed by atoms with Crippen LogP contribution < -0.4 is 5.32 Å². The third kappa shape index (κ3) is 4.76. The van der Waals surface area contributed by atoms with Gasteiger partial charge < -0.3 is 14.6 Å². The van der Waals surface area contributed by atoms with Crippen molar-refractivity contribution in [2.75, 3.05) is 6.54 Å². The van der Waals surface area contributed by atoms with E-state index < -0.39 is 21.7 Å².